The minimum Gasteiger partial charge on any atom is -0.490 e. The van der Waals surface area contributed by atoms with Gasteiger partial charge in [-0.1, -0.05) is 0 Å². The van der Waals surface area contributed by atoms with Crippen molar-refractivity contribution in [3.63, 3.8) is 0 Å². The minimum absolute atomic E-state index is 0.146. The first-order chi connectivity index (χ1) is 10.1. The first kappa shape index (κ1) is 15.2. The number of hydrogen-bond acceptors (Lipinski definition) is 5. The number of amides is 1. The van der Waals surface area contributed by atoms with Gasteiger partial charge in [-0.25, -0.2) is 0 Å². The van der Waals surface area contributed by atoms with Crippen LogP contribution in [0.25, 0.3) is 0 Å². The molecule has 7 nitrogen and oxygen atoms in total. The fourth-order valence-electron chi connectivity index (χ4n) is 2.41. The normalized spacial score (nSPS) is 18.0. The van der Waals surface area contributed by atoms with Crippen molar-refractivity contribution in [2.45, 2.75) is 12.8 Å². The van der Waals surface area contributed by atoms with Crippen molar-refractivity contribution in [3.05, 3.63) is 33.9 Å². The summed E-state index contributed by atoms with van der Waals surface area (Å²) in [6.07, 6.45) is 2.19. The molecule has 1 fully saturated rings. The second kappa shape index (κ2) is 7.03. The van der Waals surface area contributed by atoms with Crippen LogP contribution < -0.4 is 15.4 Å². The summed E-state index contributed by atoms with van der Waals surface area (Å²) >= 11 is 0. The van der Waals surface area contributed by atoms with E-state index >= 15 is 0 Å². The highest BCUT2D eigenvalue weighted by molar-refractivity contribution is 5.95. The van der Waals surface area contributed by atoms with Gasteiger partial charge in [0, 0.05) is 18.2 Å². The quantitative estimate of drug-likeness (QED) is 0.631. The SMILES string of the molecule is COc1ccc(C(=O)NCC2CCCNC2)cc1[N+](=O)[O-]. The molecule has 1 amide bonds. The molecule has 1 aliphatic rings. The van der Waals surface area contributed by atoms with Gasteiger partial charge < -0.3 is 15.4 Å². The molecule has 0 spiro atoms. The van der Waals surface area contributed by atoms with Crippen molar-refractivity contribution in [2.75, 3.05) is 26.7 Å². The maximum Gasteiger partial charge on any atom is 0.311 e. The number of hydrogen-bond donors (Lipinski definition) is 2. The second-order valence-electron chi connectivity index (χ2n) is 5.07. The Labute approximate surface area is 122 Å². The molecule has 0 aliphatic carbocycles. The van der Waals surface area contributed by atoms with Gasteiger partial charge in [-0.05, 0) is 44.0 Å². The summed E-state index contributed by atoms with van der Waals surface area (Å²) in [5.41, 5.74) is 0.0655. The molecule has 1 atom stereocenters. The van der Waals surface area contributed by atoms with E-state index in [0.29, 0.717) is 12.5 Å². The molecule has 114 valence electrons. The largest absolute Gasteiger partial charge is 0.490 e. The van der Waals surface area contributed by atoms with Crippen molar-refractivity contribution < 1.29 is 14.5 Å². The van der Waals surface area contributed by atoms with E-state index in [1.165, 1.54) is 25.3 Å². The smallest absolute Gasteiger partial charge is 0.311 e. The lowest BCUT2D eigenvalue weighted by molar-refractivity contribution is -0.385. The van der Waals surface area contributed by atoms with Gasteiger partial charge in [0.1, 0.15) is 0 Å². The van der Waals surface area contributed by atoms with Crippen LogP contribution in [-0.4, -0.2) is 37.6 Å². The molecular formula is C14H19N3O4. The molecule has 7 heteroatoms. The first-order valence-corrected chi connectivity index (χ1v) is 6.93. The predicted molar refractivity (Wildman–Crippen MR) is 77.6 cm³/mol. The first-order valence-electron chi connectivity index (χ1n) is 6.93. The number of nitro benzene ring substituents is 1. The van der Waals surface area contributed by atoms with E-state index in [1.54, 1.807) is 0 Å². The maximum atomic E-state index is 12.1. The van der Waals surface area contributed by atoms with E-state index in [4.69, 9.17) is 4.74 Å². The van der Waals surface area contributed by atoms with Gasteiger partial charge in [0.25, 0.3) is 5.91 Å². The Hall–Kier alpha value is -2.15. The number of ether oxygens (including phenoxy) is 1. The number of methoxy groups -OCH3 is 1. The Bertz CT molecular complexity index is 527. The molecule has 0 radical (unpaired) electrons. The number of rotatable bonds is 5. The molecule has 0 saturated carbocycles. The fourth-order valence-corrected chi connectivity index (χ4v) is 2.41. The molecule has 1 unspecified atom stereocenters. The van der Waals surface area contributed by atoms with E-state index in [1.807, 2.05) is 0 Å². The predicted octanol–water partition coefficient (Wildman–Crippen LogP) is 1.33. The molecule has 1 saturated heterocycles. The van der Waals surface area contributed by atoms with E-state index in [-0.39, 0.29) is 22.9 Å². The van der Waals surface area contributed by atoms with Crippen molar-refractivity contribution in [3.8, 4) is 5.75 Å². The molecule has 2 N–H and O–H groups in total. The van der Waals surface area contributed by atoms with Crippen LogP contribution in [0.2, 0.25) is 0 Å². The Balaban J connectivity index is 2.01. The van der Waals surface area contributed by atoms with Crippen LogP contribution in [0.15, 0.2) is 18.2 Å². The maximum absolute atomic E-state index is 12.1. The molecular weight excluding hydrogens is 274 g/mol. The molecule has 1 aliphatic heterocycles. The van der Waals surface area contributed by atoms with E-state index in [2.05, 4.69) is 10.6 Å². The number of nitrogens with zero attached hydrogens (tertiary/aromatic N) is 1. The molecule has 21 heavy (non-hydrogen) atoms. The molecule has 1 aromatic carbocycles. The Morgan fingerprint density at radius 2 is 2.38 bits per heavy atom. The fraction of sp³-hybridized carbons (Fsp3) is 0.500. The summed E-state index contributed by atoms with van der Waals surface area (Å²) in [6.45, 7) is 2.49. The van der Waals surface area contributed by atoms with Crippen LogP contribution in [0.4, 0.5) is 5.69 Å². The summed E-state index contributed by atoms with van der Waals surface area (Å²) in [5, 5.41) is 17.1. The lowest BCUT2D eigenvalue weighted by Gasteiger charge is -2.22. The third-order valence-electron chi connectivity index (χ3n) is 3.59. The monoisotopic (exact) mass is 293 g/mol. The van der Waals surface area contributed by atoms with Gasteiger partial charge >= 0.3 is 5.69 Å². The van der Waals surface area contributed by atoms with Crippen LogP contribution in [0.1, 0.15) is 23.2 Å². The van der Waals surface area contributed by atoms with Gasteiger partial charge in [0.05, 0.1) is 12.0 Å². The van der Waals surface area contributed by atoms with Crippen LogP contribution in [0, 0.1) is 16.0 Å². The zero-order valence-corrected chi connectivity index (χ0v) is 11.9. The molecule has 2 rings (SSSR count). The number of benzene rings is 1. The van der Waals surface area contributed by atoms with Crippen molar-refractivity contribution in [1.29, 1.82) is 0 Å². The van der Waals surface area contributed by atoms with E-state index < -0.39 is 4.92 Å². The van der Waals surface area contributed by atoms with Crippen LogP contribution in [0.3, 0.4) is 0 Å². The van der Waals surface area contributed by atoms with Crippen LogP contribution >= 0.6 is 0 Å². The van der Waals surface area contributed by atoms with Gasteiger partial charge in [-0.2, -0.15) is 0 Å². The standard InChI is InChI=1S/C14H19N3O4/c1-21-13-5-4-11(7-12(13)17(19)20)14(18)16-9-10-3-2-6-15-8-10/h4-5,7,10,15H,2-3,6,8-9H2,1H3,(H,16,18). The highest BCUT2D eigenvalue weighted by Gasteiger charge is 2.19. The van der Waals surface area contributed by atoms with Gasteiger partial charge in [-0.15, -0.1) is 0 Å². The summed E-state index contributed by atoms with van der Waals surface area (Å²) in [6, 6.07) is 4.21. The van der Waals surface area contributed by atoms with Crippen LogP contribution in [0.5, 0.6) is 5.75 Å². The topological polar surface area (TPSA) is 93.5 Å². The third-order valence-corrected chi connectivity index (χ3v) is 3.59. The lowest BCUT2D eigenvalue weighted by Crippen LogP contribution is -2.38. The Morgan fingerprint density at radius 1 is 1.57 bits per heavy atom. The van der Waals surface area contributed by atoms with E-state index in [9.17, 15) is 14.9 Å². The molecule has 1 aromatic rings. The highest BCUT2D eigenvalue weighted by Crippen LogP contribution is 2.27. The number of carbonyl (C=O) groups excluding carboxylic acids is 1. The Morgan fingerprint density at radius 3 is 3.00 bits per heavy atom. The van der Waals surface area contributed by atoms with Gasteiger partial charge in [-0.3, -0.25) is 14.9 Å². The summed E-state index contributed by atoms with van der Waals surface area (Å²) in [5.74, 6) is 0.260. The molecule has 0 aromatic heterocycles. The average Bonchev–Trinajstić information content (AvgIpc) is 2.52. The summed E-state index contributed by atoms with van der Waals surface area (Å²) in [7, 11) is 1.36. The third kappa shape index (κ3) is 3.91. The summed E-state index contributed by atoms with van der Waals surface area (Å²) < 4.78 is 4.91. The zero-order valence-electron chi connectivity index (χ0n) is 11.9. The zero-order chi connectivity index (χ0) is 15.2. The van der Waals surface area contributed by atoms with Gasteiger partial charge in [0.15, 0.2) is 5.75 Å². The minimum atomic E-state index is -0.555. The van der Waals surface area contributed by atoms with Gasteiger partial charge in [0.2, 0.25) is 0 Å². The van der Waals surface area contributed by atoms with Crippen molar-refractivity contribution >= 4 is 11.6 Å². The van der Waals surface area contributed by atoms with Crippen molar-refractivity contribution in [2.24, 2.45) is 5.92 Å². The number of carbonyl (C=O) groups is 1. The molecule has 0 bridgehead atoms. The highest BCUT2D eigenvalue weighted by atomic mass is 16.6. The number of nitrogens with one attached hydrogen (secondary N) is 2. The summed E-state index contributed by atoms with van der Waals surface area (Å²) in [4.78, 5) is 22.5. The van der Waals surface area contributed by atoms with Crippen LogP contribution in [-0.2, 0) is 0 Å². The van der Waals surface area contributed by atoms with E-state index in [0.717, 1.165) is 25.9 Å². The average molecular weight is 293 g/mol. The van der Waals surface area contributed by atoms with Crippen molar-refractivity contribution in [1.82, 2.24) is 10.6 Å². The molecule has 1 heterocycles. The Kier molecular flexibility index (Phi) is 5.10. The second-order valence-corrected chi connectivity index (χ2v) is 5.07. The number of nitro groups is 1. The lowest BCUT2D eigenvalue weighted by atomic mass is 9.99. The number of piperidine rings is 1.